The quantitative estimate of drug-likeness (QED) is 0.781. The standard InChI is InChI=1S/C12H18N2O2/c1-12(14-2,8-11(13)15)9-5-4-6-10(7-9)16-3/h4-7,14H,8H2,1-3H3,(H2,13,15). The van der Waals surface area contributed by atoms with Gasteiger partial charge in [0.05, 0.1) is 7.11 Å². The maximum atomic E-state index is 11.1. The van der Waals surface area contributed by atoms with E-state index in [-0.39, 0.29) is 12.3 Å². The first-order valence-electron chi connectivity index (χ1n) is 5.13. The second kappa shape index (κ2) is 4.99. The lowest BCUT2D eigenvalue weighted by molar-refractivity contribution is -0.119. The van der Waals surface area contributed by atoms with Crippen molar-refractivity contribution in [3.63, 3.8) is 0 Å². The number of hydrogen-bond donors (Lipinski definition) is 2. The number of nitrogens with two attached hydrogens (primary N) is 1. The van der Waals surface area contributed by atoms with E-state index >= 15 is 0 Å². The molecule has 0 saturated heterocycles. The van der Waals surface area contributed by atoms with E-state index in [0.717, 1.165) is 11.3 Å². The molecule has 0 saturated carbocycles. The molecule has 0 spiro atoms. The third-order valence-electron chi connectivity index (χ3n) is 2.79. The summed E-state index contributed by atoms with van der Waals surface area (Å²) in [6.45, 7) is 1.94. The molecule has 0 aromatic heterocycles. The van der Waals surface area contributed by atoms with Gasteiger partial charge in [-0.25, -0.2) is 0 Å². The van der Waals surface area contributed by atoms with Gasteiger partial charge in [-0.05, 0) is 31.7 Å². The fraction of sp³-hybridized carbons (Fsp3) is 0.417. The van der Waals surface area contributed by atoms with Gasteiger partial charge in [-0.2, -0.15) is 0 Å². The van der Waals surface area contributed by atoms with Gasteiger partial charge in [0, 0.05) is 12.0 Å². The maximum absolute atomic E-state index is 11.1. The predicted molar refractivity (Wildman–Crippen MR) is 63.2 cm³/mol. The number of carbonyl (C=O) groups is 1. The minimum atomic E-state index is -0.458. The summed E-state index contributed by atoms with van der Waals surface area (Å²) < 4.78 is 5.16. The number of benzene rings is 1. The summed E-state index contributed by atoms with van der Waals surface area (Å²) in [5, 5.41) is 3.12. The van der Waals surface area contributed by atoms with Crippen molar-refractivity contribution in [3.8, 4) is 5.75 Å². The Labute approximate surface area is 95.8 Å². The van der Waals surface area contributed by atoms with Gasteiger partial charge in [-0.3, -0.25) is 4.79 Å². The highest BCUT2D eigenvalue weighted by Gasteiger charge is 2.26. The van der Waals surface area contributed by atoms with Gasteiger partial charge in [0.25, 0.3) is 0 Å². The normalized spacial score (nSPS) is 14.2. The van der Waals surface area contributed by atoms with E-state index in [2.05, 4.69) is 5.32 Å². The summed E-state index contributed by atoms with van der Waals surface area (Å²) in [7, 11) is 3.42. The highest BCUT2D eigenvalue weighted by Crippen LogP contribution is 2.26. The van der Waals surface area contributed by atoms with E-state index < -0.39 is 5.54 Å². The van der Waals surface area contributed by atoms with Crippen LogP contribution in [0, 0.1) is 0 Å². The van der Waals surface area contributed by atoms with E-state index in [1.54, 1.807) is 7.11 Å². The van der Waals surface area contributed by atoms with Gasteiger partial charge in [0.15, 0.2) is 0 Å². The number of hydrogen-bond acceptors (Lipinski definition) is 3. The number of rotatable bonds is 5. The zero-order valence-electron chi connectivity index (χ0n) is 9.91. The zero-order chi connectivity index (χ0) is 12.2. The molecule has 4 nitrogen and oxygen atoms in total. The second-order valence-corrected chi connectivity index (χ2v) is 3.96. The molecule has 3 N–H and O–H groups in total. The molecule has 0 fully saturated rings. The number of ether oxygens (including phenoxy) is 1. The van der Waals surface area contributed by atoms with Gasteiger partial charge in [0.2, 0.25) is 5.91 Å². The van der Waals surface area contributed by atoms with Crippen LogP contribution in [-0.4, -0.2) is 20.1 Å². The highest BCUT2D eigenvalue weighted by atomic mass is 16.5. The Kier molecular flexibility index (Phi) is 3.90. The number of amides is 1. The molecule has 4 heteroatoms. The Morgan fingerprint density at radius 1 is 1.56 bits per heavy atom. The van der Waals surface area contributed by atoms with E-state index in [0.29, 0.717) is 0 Å². The van der Waals surface area contributed by atoms with Crippen LogP contribution in [0.3, 0.4) is 0 Å². The average molecular weight is 222 g/mol. The summed E-state index contributed by atoms with van der Waals surface area (Å²) >= 11 is 0. The zero-order valence-corrected chi connectivity index (χ0v) is 9.91. The van der Waals surface area contributed by atoms with E-state index in [1.807, 2.05) is 38.2 Å². The summed E-state index contributed by atoms with van der Waals surface area (Å²) in [6, 6.07) is 7.61. The van der Waals surface area contributed by atoms with Gasteiger partial charge < -0.3 is 15.8 Å². The Balaban J connectivity index is 3.06. The smallest absolute Gasteiger partial charge is 0.219 e. The first kappa shape index (κ1) is 12.5. The van der Waals surface area contributed by atoms with Crippen LogP contribution in [0.5, 0.6) is 5.75 Å². The Morgan fingerprint density at radius 2 is 2.25 bits per heavy atom. The van der Waals surface area contributed by atoms with Crippen molar-refractivity contribution in [3.05, 3.63) is 29.8 Å². The summed E-state index contributed by atoms with van der Waals surface area (Å²) in [4.78, 5) is 11.1. The number of primary amides is 1. The van der Waals surface area contributed by atoms with Crippen molar-refractivity contribution in [2.45, 2.75) is 18.9 Å². The Morgan fingerprint density at radius 3 is 2.75 bits per heavy atom. The molecule has 1 amide bonds. The van der Waals surface area contributed by atoms with E-state index in [4.69, 9.17) is 10.5 Å². The summed E-state index contributed by atoms with van der Waals surface area (Å²) in [6.07, 6.45) is 0.247. The Bertz CT molecular complexity index is 379. The topological polar surface area (TPSA) is 64.3 Å². The van der Waals surface area contributed by atoms with Crippen LogP contribution in [0.2, 0.25) is 0 Å². The van der Waals surface area contributed by atoms with Gasteiger partial charge in [0.1, 0.15) is 5.75 Å². The molecule has 88 valence electrons. The first-order chi connectivity index (χ1) is 7.51. The molecule has 0 aliphatic rings. The number of carbonyl (C=O) groups excluding carboxylic acids is 1. The Hall–Kier alpha value is -1.55. The second-order valence-electron chi connectivity index (χ2n) is 3.96. The summed E-state index contributed by atoms with van der Waals surface area (Å²) in [5.41, 5.74) is 5.77. The van der Waals surface area contributed by atoms with E-state index in [9.17, 15) is 4.79 Å². The summed E-state index contributed by atoms with van der Waals surface area (Å²) in [5.74, 6) is 0.433. The lowest BCUT2D eigenvalue weighted by atomic mass is 9.88. The van der Waals surface area contributed by atoms with Crippen LogP contribution in [-0.2, 0) is 10.3 Å². The van der Waals surface area contributed by atoms with Gasteiger partial charge in [-0.15, -0.1) is 0 Å². The number of methoxy groups -OCH3 is 1. The average Bonchev–Trinajstić information content (AvgIpc) is 2.28. The minimum absolute atomic E-state index is 0.247. The minimum Gasteiger partial charge on any atom is -0.497 e. The van der Waals surface area contributed by atoms with Gasteiger partial charge in [-0.1, -0.05) is 12.1 Å². The SMILES string of the molecule is CNC(C)(CC(N)=O)c1cccc(OC)c1. The molecule has 0 heterocycles. The van der Waals surface area contributed by atoms with Crippen LogP contribution in [0.25, 0.3) is 0 Å². The predicted octanol–water partition coefficient (Wildman–Crippen LogP) is 1.01. The molecule has 1 aromatic rings. The van der Waals surface area contributed by atoms with Crippen molar-refractivity contribution in [1.29, 1.82) is 0 Å². The molecule has 16 heavy (non-hydrogen) atoms. The molecule has 0 radical (unpaired) electrons. The van der Waals surface area contributed by atoms with Crippen molar-refractivity contribution < 1.29 is 9.53 Å². The van der Waals surface area contributed by atoms with Crippen molar-refractivity contribution in [2.75, 3.05) is 14.2 Å². The third-order valence-corrected chi connectivity index (χ3v) is 2.79. The van der Waals surface area contributed by atoms with Crippen LogP contribution in [0.15, 0.2) is 24.3 Å². The van der Waals surface area contributed by atoms with E-state index in [1.165, 1.54) is 0 Å². The molecular formula is C12H18N2O2. The molecule has 1 unspecified atom stereocenters. The fourth-order valence-electron chi connectivity index (χ4n) is 1.65. The largest absolute Gasteiger partial charge is 0.497 e. The van der Waals surface area contributed by atoms with Crippen molar-refractivity contribution >= 4 is 5.91 Å². The molecule has 0 bridgehead atoms. The molecule has 0 aliphatic carbocycles. The maximum Gasteiger partial charge on any atom is 0.219 e. The number of nitrogens with one attached hydrogen (secondary N) is 1. The van der Waals surface area contributed by atoms with Crippen molar-refractivity contribution in [2.24, 2.45) is 5.73 Å². The van der Waals surface area contributed by atoms with Crippen molar-refractivity contribution in [1.82, 2.24) is 5.32 Å². The van der Waals surface area contributed by atoms with Crippen LogP contribution in [0.4, 0.5) is 0 Å². The molecule has 1 rings (SSSR count). The monoisotopic (exact) mass is 222 g/mol. The lowest BCUT2D eigenvalue weighted by Gasteiger charge is -2.28. The lowest BCUT2D eigenvalue weighted by Crippen LogP contribution is -2.40. The molecule has 1 aromatic carbocycles. The molecule has 1 atom stereocenters. The van der Waals surface area contributed by atoms with Crippen LogP contribution < -0.4 is 15.8 Å². The first-order valence-corrected chi connectivity index (χ1v) is 5.13. The van der Waals surface area contributed by atoms with Crippen LogP contribution >= 0.6 is 0 Å². The fourth-order valence-corrected chi connectivity index (χ4v) is 1.65. The van der Waals surface area contributed by atoms with Crippen LogP contribution in [0.1, 0.15) is 18.9 Å². The van der Waals surface area contributed by atoms with Gasteiger partial charge >= 0.3 is 0 Å². The third kappa shape index (κ3) is 2.73. The molecular weight excluding hydrogens is 204 g/mol. The highest BCUT2D eigenvalue weighted by molar-refractivity contribution is 5.75. The molecule has 0 aliphatic heterocycles.